The summed E-state index contributed by atoms with van der Waals surface area (Å²) < 4.78 is 6.12. The van der Waals surface area contributed by atoms with Gasteiger partial charge < -0.3 is 19.7 Å². The van der Waals surface area contributed by atoms with Crippen molar-refractivity contribution in [3.8, 4) is 17.0 Å². The first-order chi connectivity index (χ1) is 20.0. The van der Waals surface area contributed by atoms with Gasteiger partial charge in [0.25, 0.3) is 0 Å². The van der Waals surface area contributed by atoms with Gasteiger partial charge in [-0.25, -0.2) is 4.48 Å². The Hall–Kier alpha value is -3.01. The monoisotopic (exact) mass is 575 g/mol. The number of fused-ring (bicyclic) bond motifs is 3. The highest BCUT2D eigenvalue weighted by molar-refractivity contribution is 5.86. The molecule has 0 radical (unpaired) electrons. The number of hydrogen-bond donors (Lipinski definition) is 2. The smallest absolute Gasteiger partial charge is 0.507 e. The predicted octanol–water partition coefficient (Wildman–Crippen LogP) is 5.51. The zero-order valence-corrected chi connectivity index (χ0v) is 25.9. The van der Waals surface area contributed by atoms with Crippen LogP contribution in [0.1, 0.15) is 70.7 Å². The van der Waals surface area contributed by atoms with Gasteiger partial charge in [0, 0.05) is 61.1 Å². The van der Waals surface area contributed by atoms with Crippen molar-refractivity contribution in [2.24, 2.45) is 5.92 Å². The van der Waals surface area contributed by atoms with E-state index >= 15 is 0 Å². The van der Waals surface area contributed by atoms with Crippen LogP contribution in [0.25, 0.3) is 22.3 Å². The number of nitrogens with zero attached hydrogens (tertiary/aromatic N) is 5. The molecule has 2 saturated heterocycles. The number of carbonyl (C=O) groups is 1. The van der Waals surface area contributed by atoms with Crippen molar-refractivity contribution in [3.05, 3.63) is 41.6 Å². The second kappa shape index (κ2) is 11.2. The molecule has 0 unspecified atom stereocenters. The van der Waals surface area contributed by atoms with E-state index < -0.39 is 5.60 Å². The summed E-state index contributed by atoms with van der Waals surface area (Å²) in [7, 11) is 2.04. The number of rotatable bonds is 4. The topological polar surface area (TPSA) is 94.6 Å². The van der Waals surface area contributed by atoms with Crippen molar-refractivity contribution in [3.63, 3.8) is 0 Å². The van der Waals surface area contributed by atoms with Crippen LogP contribution in [-0.2, 0) is 11.2 Å². The number of benzene rings is 1. The molecule has 0 aliphatic carbocycles. The van der Waals surface area contributed by atoms with Crippen molar-refractivity contribution in [2.75, 3.05) is 46.3 Å². The molecule has 1 amide bonds. The van der Waals surface area contributed by atoms with E-state index in [1.165, 1.54) is 24.1 Å². The number of quaternary nitrogens is 1. The molecule has 3 aliphatic heterocycles. The molecule has 2 aromatic heterocycles. The van der Waals surface area contributed by atoms with E-state index in [4.69, 9.17) is 4.74 Å². The van der Waals surface area contributed by atoms with Gasteiger partial charge in [-0.05, 0) is 83.3 Å². The number of nitrogens with one attached hydrogen (secondary N) is 1. The third kappa shape index (κ3) is 5.79. The molecule has 0 saturated carbocycles. The van der Waals surface area contributed by atoms with E-state index in [9.17, 15) is 9.90 Å². The van der Waals surface area contributed by atoms with E-state index in [1.807, 2.05) is 46.0 Å². The van der Waals surface area contributed by atoms with Crippen LogP contribution < -0.4 is 0 Å². The number of carbonyl (C=O) groups excluding carboxylic acids is 1. The average molecular weight is 576 g/mol. The molecule has 1 aromatic carbocycles. The van der Waals surface area contributed by atoms with Crippen molar-refractivity contribution in [2.45, 2.75) is 77.5 Å². The minimum Gasteiger partial charge on any atom is -0.507 e. The maximum absolute atomic E-state index is 12.8. The number of aromatic hydroxyl groups is 1. The van der Waals surface area contributed by atoms with Gasteiger partial charge in [-0.1, -0.05) is 12.1 Å². The van der Waals surface area contributed by atoms with Gasteiger partial charge in [-0.2, -0.15) is 4.79 Å². The molecule has 3 aromatic rings. The van der Waals surface area contributed by atoms with Gasteiger partial charge in [0.2, 0.25) is 0 Å². The Morgan fingerprint density at radius 3 is 2.50 bits per heavy atom. The Kier molecular flexibility index (Phi) is 7.79. The van der Waals surface area contributed by atoms with E-state index in [-0.39, 0.29) is 11.8 Å². The van der Waals surface area contributed by atoms with Crippen molar-refractivity contribution >= 4 is 17.1 Å². The zero-order chi connectivity index (χ0) is 29.6. The number of ether oxygens (including phenoxy) is 1. The molecular weight excluding hydrogens is 528 g/mol. The van der Waals surface area contributed by atoms with Crippen molar-refractivity contribution in [1.29, 1.82) is 0 Å². The van der Waals surface area contributed by atoms with E-state index in [0.29, 0.717) is 33.7 Å². The van der Waals surface area contributed by atoms with Crippen molar-refractivity contribution in [1.82, 2.24) is 25.0 Å². The SMILES string of the molecule is C[C@@H]1c2c([nH]c3nnc(-c4ccccc4O)cc23)CCN1C1CCN(CC2CC[N+](C)(C(=O)OC(C)(C)C)CC2)CC1. The van der Waals surface area contributed by atoms with Gasteiger partial charge in [0.05, 0.1) is 25.8 Å². The Labute approximate surface area is 249 Å². The first kappa shape index (κ1) is 29.1. The molecule has 0 spiro atoms. The highest BCUT2D eigenvalue weighted by atomic mass is 16.6. The molecule has 42 heavy (non-hydrogen) atoms. The van der Waals surface area contributed by atoms with Crippen LogP contribution in [0.4, 0.5) is 4.79 Å². The van der Waals surface area contributed by atoms with Gasteiger partial charge in [0.1, 0.15) is 11.4 Å². The largest absolute Gasteiger partial charge is 0.516 e. The quantitative estimate of drug-likeness (QED) is 0.397. The summed E-state index contributed by atoms with van der Waals surface area (Å²) >= 11 is 0. The summed E-state index contributed by atoms with van der Waals surface area (Å²) in [5.74, 6) is 0.874. The lowest BCUT2D eigenvalue weighted by Gasteiger charge is -2.45. The lowest BCUT2D eigenvalue weighted by Crippen LogP contribution is -2.56. The molecule has 1 atom stereocenters. The van der Waals surface area contributed by atoms with Crippen LogP contribution in [0.2, 0.25) is 0 Å². The molecule has 6 rings (SSSR count). The molecule has 226 valence electrons. The highest BCUT2D eigenvalue weighted by Gasteiger charge is 2.41. The Morgan fingerprint density at radius 2 is 1.81 bits per heavy atom. The first-order valence-electron chi connectivity index (χ1n) is 15.7. The Bertz CT molecular complexity index is 1430. The fourth-order valence-electron chi connectivity index (χ4n) is 7.38. The van der Waals surface area contributed by atoms with Crippen LogP contribution in [0, 0.1) is 5.92 Å². The van der Waals surface area contributed by atoms with E-state index in [0.717, 1.165) is 69.6 Å². The standard InChI is InChI=1S/C33H46N6O3/c1-22-30-26-20-28(25-8-6-7-9-29(25)40)35-36-31(26)34-27(30)12-17-38(22)24-10-15-37(16-11-24)21-23-13-18-39(5,19-14-23)32(41)42-33(2,3)4/h6-9,20,22-24H,10-19,21H2,1-5H3,(H-,34,35,36,40)/p+1/t22-,23?,39?/m1/s1. The van der Waals surface area contributed by atoms with Crippen LogP contribution in [-0.4, -0.2) is 98.6 Å². The predicted molar refractivity (Wildman–Crippen MR) is 164 cm³/mol. The molecule has 9 heteroatoms. The highest BCUT2D eigenvalue weighted by Crippen LogP contribution is 2.39. The summed E-state index contributed by atoms with van der Waals surface area (Å²) in [6.45, 7) is 14.3. The fraction of sp³-hybridized carbons (Fsp3) is 0.606. The molecular formula is C33H47N6O3+. The van der Waals surface area contributed by atoms with Crippen LogP contribution in [0.15, 0.2) is 30.3 Å². The van der Waals surface area contributed by atoms with E-state index in [1.54, 1.807) is 6.07 Å². The molecule has 5 heterocycles. The minimum atomic E-state index is -0.440. The zero-order valence-electron chi connectivity index (χ0n) is 25.9. The maximum Gasteiger partial charge on any atom is 0.516 e. The van der Waals surface area contributed by atoms with Gasteiger partial charge >= 0.3 is 6.09 Å². The number of phenolic OH excluding ortho intramolecular Hbond substituents is 1. The Morgan fingerprint density at radius 1 is 1.10 bits per heavy atom. The number of likely N-dealkylation sites (tertiary alicyclic amines) is 2. The lowest BCUT2D eigenvalue weighted by atomic mass is 9.91. The number of aromatic amines is 1. The van der Waals surface area contributed by atoms with Gasteiger partial charge in [0.15, 0.2) is 5.65 Å². The lowest BCUT2D eigenvalue weighted by molar-refractivity contribution is -0.845. The van der Waals surface area contributed by atoms with Crippen LogP contribution in [0.5, 0.6) is 5.75 Å². The fourth-order valence-corrected chi connectivity index (χ4v) is 7.38. The summed E-state index contributed by atoms with van der Waals surface area (Å²) in [4.78, 5) is 21.7. The minimum absolute atomic E-state index is 0.0859. The number of hydrogen-bond acceptors (Lipinski definition) is 7. The number of aromatic nitrogens is 3. The van der Waals surface area contributed by atoms with Crippen LogP contribution >= 0.6 is 0 Å². The maximum atomic E-state index is 12.8. The first-order valence-corrected chi connectivity index (χ1v) is 15.7. The molecule has 2 fully saturated rings. The number of para-hydroxylation sites is 1. The number of piperidine rings is 2. The van der Waals surface area contributed by atoms with Crippen molar-refractivity contribution < 1.29 is 19.1 Å². The summed E-state index contributed by atoms with van der Waals surface area (Å²) in [5.41, 5.74) is 4.40. The van der Waals surface area contributed by atoms with Gasteiger partial charge in [-0.3, -0.25) is 4.90 Å². The van der Waals surface area contributed by atoms with Gasteiger partial charge in [-0.15, -0.1) is 10.2 Å². The summed E-state index contributed by atoms with van der Waals surface area (Å²) in [6.07, 6.45) is 5.42. The average Bonchev–Trinajstić information content (AvgIpc) is 3.33. The Balaban J connectivity index is 1.06. The molecule has 2 N–H and O–H groups in total. The molecule has 9 nitrogen and oxygen atoms in total. The number of amides is 1. The summed E-state index contributed by atoms with van der Waals surface area (Å²) in [5, 5.41) is 20.4. The van der Waals surface area contributed by atoms with Crippen LogP contribution in [0.3, 0.4) is 0 Å². The normalized spacial score (nSPS) is 26.3. The third-order valence-corrected chi connectivity index (χ3v) is 9.83. The molecule has 3 aliphatic rings. The van der Waals surface area contributed by atoms with E-state index in [2.05, 4.69) is 38.0 Å². The summed E-state index contributed by atoms with van der Waals surface area (Å²) in [6, 6.07) is 10.3. The number of H-pyrrole nitrogens is 1. The molecule has 0 bridgehead atoms. The number of phenols is 1. The third-order valence-electron chi connectivity index (χ3n) is 9.83. The second-order valence-electron chi connectivity index (χ2n) is 14.0. The second-order valence-corrected chi connectivity index (χ2v) is 14.0.